The highest BCUT2D eigenvalue weighted by molar-refractivity contribution is 7.99. The smallest absolute Gasteiger partial charge is 0.224 e. The van der Waals surface area contributed by atoms with Gasteiger partial charge in [-0.05, 0) is 20.3 Å². The molecule has 0 saturated carbocycles. The first-order valence-corrected chi connectivity index (χ1v) is 7.20. The maximum absolute atomic E-state index is 12.1. The second-order valence-corrected chi connectivity index (χ2v) is 6.20. The van der Waals surface area contributed by atoms with E-state index in [-0.39, 0.29) is 11.4 Å². The van der Waals surface area contributed by atoms with E-state index in [4.69, 9.17) is 0 Å². The van der Waals surface area contributed by atoms with Gasteiger partial charge in [-0.25, -0.2) is 0 Å². The molecule has 94 valence electrons. The highest BCUT2D eigenvalue weighted by Gasteiger charge is 2.27. The first-order valence-electron chi connectivity index (χ1n) is 6.05. The van der Waals surface area contributed by atoms with Crippen LogP contribution in [-0.2, 0) is 4.79 Å². The molecule has 0 aromatic heterocycles. The molecule has 1 rings (SSSR count). The van der Waals surface area contributed by atoms with E-state index in [1.165, 1.54) is 5.75 Å². The molecular formula is C12H24N2OS. The number of rotatable bonds is 4. The Labute approximate surface area is 103 Å². The van der Waals surface area contributed by atoms with Crippen LogP contribution < -0.4 is 5.32 Å². The predicted octanol–water partition coefficient (Wildman–Crippen LogP) is 1.73. The lowest BCUT2D eigenvalue weighted by molar-refractivity contribution is -0.135. The van der Waals surface area contributed by atoms with Gasteiger partial charge in [0.1, 0.15) is 0 Å². The molecule has 1 fully saturated rings. The summed E-state index contributed by atoms with van der Waals surface area (Å²) < 4.78 is 0. The van der Waals surface area contributed by atoms with Gasteiger partial charge in [-0.1, -0.05) is 6.92 Å². The minimum atomic E-state index is -0.0289. The Kier molecular flexibility index (Phi) is 5.12. The number of nitrogens with zero attached hydrogens (tertiary/aromatic N) is 1. The fourth-order valence-corrected chi connectivity index (χ4v) is 2.62. The molecule has 1 aliphatic heterocycles. The quantitative estimate of drug-likeness (QED) is 0.817. The van der Waals surface area contributed by atoms with Crippen molar-refractivity contribution in [1.29, 1.82) is 0 Å². The minimum Gasteiger partial charge on any atom is -0.341 e. The minimum absolute atomic E-state index is 0.0289. The molecule has 1 N–H and O–H groups in total. The average Bonchev–Trinajstić information content (AvgIpc) is 2.29. The number of hydrogen-bond acceptors (Lipinski definition) is 3. The van der Waals surface area contributed by atoms with Crippen molar-refractivity contribution in [3.05, 3.63) is 0 Å². The molecule has 0 bridgehead atoms. The van der Waals surface area contributed by atoms with E-state index in [0.29, 0.717) is 12.5 Å². The average molecular weight is 244 g/mol. The van der Waals surface area contributed by atoms with Gasteiger partial charge in [0.2, 0.25) is 5.91 Å². The van der Waals surface area contributed by atoms with Crippen molar-refractivity contribution in [2.24, 2.45) is 0 Å². The number of thioether (sulfide) groups is 1. The third-order valence-electron chi connectivity index (χ3n) is 3.57. The first kappa shape index (κ1) is 13.8. The van der Waals surface area contributed by atoms with Crippen LogP contribution in [0.4, 0.5) is 0 Å². The van der Waals surface area contributed by atoms with Crippen LogP contribution in [0, 0.1) is 0 Å². The fourth-order valence-electron chi connectivity index (χ4n) is 1.67. The van der Waals surface area contributed by atoms with Gasteiger partial charge in [0.15, 0.2) is 0 Å². The SMILES string of the molecule is CCC(C)(C)N(C)C(=O)CC1CSCCN1. The van der Waals surface area contributed by atoms with Gasteiger partial charge >= 0.3 is 0 Å². The van der Waals surface area contributed by atoms with E-state index in [0.717, 1.165) is 18.7 Å². The van der Waals surface area contributed by atoms with Crippen molar-refractivity contribution in [2.45, 2.75) is 45.2 Å². The molecule has 0 aliphatic carbocycles. The molecule has 0 radical (unpaired) electrons. The van der Waals surface area contributed by atoms with Crippen LogP contribution in [0.15, 0.2) is 0 Å². The lowest BCUT2D eigenvalue weighted by Crippen LogP contribution is -2.48. The van der Waals surface area contributed by atoms with Crippen LogP contribution in [-0.4, -0.2) is 47.5 Å². The molecule has 0 aromatic rings. The largest absolute Gasteiger partial charge is 0.341 e. The Bertz CT molecular complexity index is 237. The highest BCUT2D eigenvalue weighted by atomic mass is 32.2. The number of nitrogens with one attached hydrogen (secondary N) is 1. The Morgan fingerprint density at radius 1 is 1.56 bits per heavy atom. The first-order chi connectivity index (χ1) is 7.47. The molecule has 4 heteroatoms. The van der Waals surface area contributed by atoms with Gasteiger partial charge < -0.3 is 10.2 Å². The van der Waals surface area contributed by atoms with Crippen LogP contribution in [0.25, 0.3) is 0 Å². The molecule has 1 amide bonds. The van der Waals surface area contributed by atoms with Crippen molar-refractivity contribution in [1.82, 2.24) is 10.2 Å². The fraction of sp³-hybridized carbons (Fsp3) is 0.917. The lowest BCUT2D eigenvalue weighted by atomic mass is 9.99. The normalized spacial score (nSPS) is 21.9. The van der Waals surface area contributed by atoms with Crippen molar-refractivity contribution < 1.29 is 4.79 Å². The van der Waals surface area contributed by atoms with Crippen molar-refractivity contribution in [3.8, 4) is 0 Å². The zero-order chi connectivity index (χ0) is 12.2. The number of amides is 1. The molecule has 0 spiro atoms. The third-order valence-corrected chi connectivity index (χ3v) is 4.70. The molecule has 1 aliphatic rings. The van der Waals surface area contributed by atoms with Gasteiger partial charge in [0.05, 0.1) is 0 Å². The van der Waals surface area contributed by atoms with Crippen LogP contribution in [0.2, 0.25) is 0 Å². The molecule has 1 unspecified atom stereocenters. The maximum atomic E-state index is 12.1. The van der Waals surface area contributed by atoms with Crippen molar-refractivity contribution in [2.75, 3.05) is 25.1 Å². The highest BCUT2D eigenvalue weighted by Crippen LogP contribution is 2.19. The molecule has 3 nitrogen and oxygen atoms in total. The summed E-state index contributed by atoms with van der Waals surface area (Å²) in [4.78, 5) is 14.0. The monoisotopic (exact) mass is 244 g/mol. The molecule has 16 heavy (non-hydrogen) atoms. The summed E-state index contributed by atoms with van der Waals surface area (Å²) in [6.07, 6.45) is 1.62. The van der Waals surface area contributed by atoms with E-state index in [2.05, 4.69) is 26.1 Å². The topological polar surface area (TPSA) is 32.3 Å². The Hall–Kier alpha value is -0.220. The van der Waals surface area contributed by atoms with Crippen LogP contribution in [0.1, 0.15) is 33.6 Å². The standard InChI is InChI=1S/C12H24N2OS/c1-5-12(2,3)14(4)11(15)8-10-9-16-7-6-13-10/h10,13H,5-9H2,1-4H3. The summed E-state index contributed by atoms with van der Waals surface area (Å²) >= 11 is 1.94. The lowest BCUT2D eigenvalue weighted by Gasteiger charge is -2.36. The Balaban J connectivity index is 2.44. The second kappa shape index (κ2) is 5.92. The van der Waals surface area contributed by atoms with E-state index < -0.39 is 0 Å². The number of hydrogen-bond donors (Lipinski definition) is 1. The molecule has 0 aromatic carbocycles. The Morgan fingerprint density at radius 2 is 2.25 bits per heavy atom. The summed E-state index contributed by atoms with van der Waals surface area (Å²) in [7, 11) is 1.92. The predicted molar refractivity (Wildman–Crippen MR) is 70.9 cm³/mol. The summed E-state index contributed by atoms with van der Waals surface area (Å²) in [6.45, 7) is 7.39. The summed E-state index contributed by atoms with van der Waals surface area (Å²) in [5, 5.41) is 3.41. The van der Waals surface area contributed by atoms with Gasteiger partial charge in [0, 0.05) is 43.1 Å². The van der Waals surface area contributed by atoms with Crippen LogP contribution in [0.5, 0.6) is 0 Å². The van der Waals surface area contributed by atoms with E-state index in [1.807, 2.05) is 23.7 Å². The van der Waals surface area contributed by atoms with Crippen LogP contribution >= 0.6 is 11.8 Å². The van der Waals surface area contributed by atoms with Gasteiger partial charge in [-0.3, -0.25) is 4.79 Å². The summed E-state index contributed by atoms with van der Waals surface area (Å²) in [5.41, 5.74) is -0.0289. The van der Waals surface area contributed by atoms with E-state index in [9.17, 15) is 4.79 Å². The zero-order valence-corrected chi connectivity index (χ0v) is 11.7. The van der Waals surface area contributed by atoms with Gasteiger partial charge in [-0.2, -0.15) is 11.8 Å². The molecule has 1 heterocycles. The molecule has 1 atom stereocenters. The second-order valence-electron chi connectivity index (χ2n) is 5.05. The zero-order valence-electron chi connectivity index (χ0n) is 10.9. The summed E-state index contributed by atoms with van der Waals surface area (Å²) in [5.74, 6) is 2.49. The van der Waals surface area contributed by atoms with Gasteiger partial charge in [-0.15, -0.1) is 0 Å². The van der Waals surface area contributed by atoms with Gasteiger partial charge in [0.25, 0.3) is 0 Å². The van der Waals surface area contributed by atoms with Crippen LogP contribution in [0.3, 0.4) is 0 Å². The van der Waals surface area contributed by atoms with Crippen molar-refractivity contribution >= 4 is 17.7 Å². The molecular weight excluding hydrogens is 220 g/mol. The maximum Gasteiger partial charge on any atom is 0.224 e. The number of carbonyl (C=O) groups is 1. The Morgan fingerprint density at radius 3 is 2.75 bits per heavy atom. The van der Waals surface area contributed by atoms with E-state index in [1.54, 1.807) is 0 Å². The number of carbonyl (C=O) groups excluding carboxylic acids is 1. The molecule has 1 saturated heterocycles. The third kappa shape index (κ3) is 3.67. The van der Waals surface area contributed by atoms with Crippen molar-refractivity contribution in [3.63, 3.8) is 0 Å². The van der Waals surface area contributed by atoms with E-state index >= 15 is 0 Å². The summed E-state index contributed by atoms with van der Waals surface area (Å²) in [6, 6.07) is 0.362.